The van der Waals surface area contributed by atoms with E-state index in [1.54, 1.807) is 0 Å². The molecule has 2 aromatic carbocycles. The summed E-state index contributed by atoms with van der Waals surface area (Å²) in [6.45, 7) is 4.09. The van der Waals surface area contributed by atoms with Gasteiger partial charge in [-0.05, 0) is 31.5 Å². The average molecular weight is 235 g/mol. The molecule has 0 aliphatic heterocycles. The molecule has 0 spiro atoms. The largest absolute Gasteiger partial charge is 0.366 e. The van der Waals surface area contributed by atoms with Crippen molar-refractivity contribution in [2.75, 3.05) is 5.32 Å². The lowest BCUT2D eigenvalue weighted by molar-refractivity contribution is 0.719. The van der Waals surface area contributed by atoms with Crippen LogP contribution in [0.2, 0.25) is 0 Å². The van der Waals surface area contributed by atoms with E-state index in [1.165, 1.54) is 5.56 Å². The number of terminal acetylenes is 1. The highest BCUT2D eigenvalue weighted by molar-refractivity contribution is 5.51. The normalized spacial score (nSPS) is 13.4. The van der Waals surface area contributed by atoms with Gasteiger partial charge in [0.1, 0.15) is 5.54 Å². The van der Waals surface area contributed by atoms with Crippen molar-refractivity contribution in [3.8, 4) is 12.3 Å². The van der Waals surface area contributed by atoms with Crippen molar-refractivity contribution in [2.45, 2.75) is 19.4 Å². The van der Waals surface area contributed by atoms with Gasteiger partial charge in [-0.1, -0.05) is 53.9 Å². The average Bonchev–Trinajstić information content (AvgIpc) is 2.40. The summed E-state index contributed by atoms with van der Waals surface area (Å²) >= 11 is 0. The SMILES string of the molecule is C#CC(C)(Nc1ccccc1)c1ccc(C)cc1. The molecule has 0 aliphatic carbocycles. The number of hydrogen-bond acceptors (Lipinski definition) is 1. The molecule has 18 heavy (non-hydrogen) atoms. The quantitative estimate of drug-likeness (QED) is 0.794. The Balaban J connectivity index is 2.32. The first-order valence-electron chi connectivity index (χ1n) is 6.02. The van der Waals surface area contributed by atoms with Crippen molar-refractivity contribution >= 4 is 5.69 Å². The van der Waals surface area contributed by atoms with Crippen molar-refractivity contribution < 1.29 is 0 Å². The molecule has 0 radical (unpaired) electrons. The number of aryl methyl sites for hydroxylation is 1. The Morgan fingerprint density at radius 3 is 2.17 bits per heavy atom. The van der Waals surface area contributed by atoms with Gasteiger partial charge in [-0.15, -0.1) is 6.42 Å². The van der Waals surface area contributed by atoms with Crippen molar-refractivity contribution in [2.24, 2.45) is 0 Å². The summed E-state index contributed by atoms with van der Waals surface area (Å²) in [4.78, 5) is 0. The standard InChI is InChI=1S/C17H17N/c1-4-17(3,15-12-10-14(2)11-13-15)18-16-8-6-5-7-9-16/h1,5-13,18H,2-3H3. The van der Waals surface area contributed by atoms with Crippen LogP contribution in [0.3, 0.4) is 0 Å². The van der Waals surface area contributed by atoms with Gasteiger partial charge >= 0.3 is 0 Å². The molecule has 0 saturated heterocycles. The third-order valence-electron chi connectivity index (χ3n) is 3.09. The minimum Gasteiger partial charge on any atom is -0.366 e. The van der Waals surface area contributed by atoms with Crippen molar-refractivity contribution in [1.29, 1.82) is 0 Å². The van der Waals surface area contributed by atoms with Crippen molar-refractivity contribution in [3.05, 3.63) is 65.7 Å². The van der Waals surface area contributed by atoms with Crippen LogP contribution in [0.25, 0.3) is 0 Å². The molecule has 0 heterocycles. The van der Waals surface area contributed by atoms with Crippen LogP contribution in [0, 0.1) is 19.3 Å². The molecule has 1 atom stereocenters. The second kappa shape index (κ2) is 4.98. The van der Waals surface area contributed by atoms with Crippen LogP contribution in [-0.4, -0.2) is 0 Å². The Hall–Kier alpha value is -2.20. The first kappa shape index (κ1) is 12.3. The zero-order chi connectivity index (χ0) is 13.0. The molecule has 1 N–H and O–H groups in total. The van der Waals surface area contributed by atoms with Gasteiger partial charge in [0.05, 0.1) is 0 Å². The van der Waals surface area contributed by atoms with E-state index in [9.17, 15) is 0 Å². The van der Waals surface area contributed by atoms with Gasteiger partial charge in [0, 0.05) is 5.69 Å². The predicted molar refractivity (Wildman–Crippen MR) is 77.4 cm³/mol. The third-order valence-corrected chi connectivity index (χ3v) is 3.09. The fourth-order valence-electron chi connectivity index (χ4n) is 1.89. The molecule has 1 heteroatoms. The van der Waals surface area contributed by atoms with Crippen molar-refractivity contribution in [3.63, 3.8) is 0 Å². The van der Waals surface area contributed by atoms with E-state index in [0.29, 0.717) is 0 Å². The highest BCUT2D eigenvalue weighted by atomic mass is 15.0. The highest BCUT2D eigenvalue weighted by Gasteiger charge is 2.23. The maximum Gasteiger partial charge on any atom is 0.121 e. The van der Waals surface area contributed by atoms with Crippen molar-refractivity contribution in [1.82, 2.24) is 0 Å². The lowest BCUT2D eigenvalue weighted by atomic mass is 9.92. The zero-order valence-corrected chi connectivity index (χ0v) is 10.8. The fourth-order valence-corrected chi connectivity index (χ4v) is 1.89. The van der Waals surface area contributed by atoms with Crippen LogP contribution < -0.4 is 5.32 Å². The molecule has 0 fully saturated rings. The van der Waals surface area contributed by atoms with Crippen LogP contribution in [0.1, 0.15) is 18.1 Å². The molecule has 0 bridgehead atoms. The van der Waals surface area contributed by atoms with Gasteiger partial charge in [0.25, 0.3) is 0 Å². The minimum atomic E-state index is -0.491. The maximum atomic E-state index is 5.71. The molecule has 0 saturated carbocycles. The van der Waals surface area contributed by atoms with Gasteiger partial charge in [-0.3, -0.25) is 0 Å². The maximum absolute atomic E-state index is 5.71. The number of benzene rings is 2. The van der Waals surface area contributed by atoms with E-state index in [4.69, 9.17) is 6.42 Å². The Morgan fingerprint density at radius 1 is 1.00 bits per heavy atom. The minimum absolute atomic E-state index is 0.491. The molecule has 1 unspecified atom stereocenters. The van der Waals surface area contributed by atoms with E-state index in [-0.39, 0.29) is 0 Å². The van der Waals surface area contributed by atoms with Gasteiger partial charge < -0.3 is 5.32 Å². The topological polar surface area (TPSA) is 12.0 Å². The highest BCUT2D eigenvalue weighted by Crippen LogP contribution is 2.25. The van der Waals surface area contributed by atoms with Gasteiger partial charge in [-0.25, -0.2) is 0 Å². The number of rotatable bonds is 3. The lowest BCUT2D eigenvalue weighted by Crippen LogP contribution is -2.29. The van der Waals surface area contributed by atoms with Gasteiger partial charge in [0.15, 0.2) is 0 Å². The van der Waals surface area contributed by atoms with Crippen LogP contribution in [0.5, 0.6) is 0 Å². The molecular formula is C17H17N. The first-order chi connectivity index (χ1) is 8.64. The second-order valence-corrected chi connectivity index (χ2v) is 4.63. The van der Waals surface area contributed by atoms with Crippen LogP contribution in [-0.2, 0) is 5.54 Å². The van der Waals surface area contributed by atoms with E-state index < -0.39 is 5.54 Å². The molecule has 2 rings (SSSR count). The predicted octanol–water partition coefficient (Wildman–Crippen LogP) is 3.96. The molecule has 90 valence electrons. The van der Waals surface area contributed by atoms with Gasteiger partial charge in [-0.2, -0.15) is 0 Å². The molecule has 1 nitrogen and oxygen atoms in total. The van der Waals surface area contributed by atoms with Crippen LogP contribution in [0.15, 0.2) is 54.6 Å². The molecule has 0 aromatic heterocycles. The fraction of sp³-hybridized carbons (Fsp3) is 0.176. The van der Waals surface area contributed by atoms with E-state index >= 15 is 0 Å². The lowest BCUT2D eigenvalue weighted by Gasteiger charge is -2.27. The Morgan fingerprint density at radius 2 is 1.61 bits per heavy atom. The van der Waals surface area contributed by atoms with Gasteiger partial charge in [0.2, 0.25) is 0 Å². The number of para-hydroxylation sites is 1. The molecule has 2 aromatic rings. The first-order valence-corrected chi connectivity index (χ1v) is 6.02. The van der Waals surface area contributed by atoms with E-state index in [2.05, 4.69) is 42.4 Å². The van der Waals surface area contributed by atoms with Crippen LogP contribution >= 0.6 is 0 Å². The Bertz CT molecular complexity index is 548. The summed E-state index contributed by atoms with van der Waals surface area (Å²) in [7, 11) is 0. The monoisotopic (exact) mass is 235 g/mol. The summed E-state index contributed by atoms with van der Waals surface area (Å²) in [5.74, 6) is 2.85. The molecular weight excluding hydrogens is 218 g/mol. The molecule has 0 aliphatic rings. The Labute approximate surface area is 109 Å². The zero-order valence-electron chi connectivity index (χ0n) is 10.8. The second-order valence-electron chi connectivity index (χ2n) is 4.63. The number of anilines is 1. The number of nitrogens with one attached hydrogen (secondary N) is 1. The summed E-state index contributed by atoms with van der Waals surface area (Å²) < 4.78 is 0. The third kappa shape index (κ3) is 2.55. The Kier molecular flexibility index (Phi) is 3.39. The van der Waals surface area contributed by atoms with E-state index in [1.807, 2.05) is 37.3 Å². The number of hydrogen-bond donors (Lipinski definition) is 1. The van der Waals surface area contributed by atoms with E-state index in [0.717, 1.165) is 11.3 Å². The smallest absolute Gasteiger partial charge is 0.121 e. The summed E-state index contributed by atoms with van der Waals surface area (Å²) in [5.41, 5.74) is 2.87. The summed E-state index contributed by atoms with van der Waals surface area (Å²) in [5, 5.41) is 3.40. The van der Waals surface area contributed by atoms with Crippen LogP contribution in [0.4, 0.5) is 5.69 Å². The summed E-state index contributed by atoms with van der Waals surface area (Å²) in [6, 6.07) is 18.3. The summed E-state index contributed by atoms with van der Waals surface area (Å²) in [6.07, 6.45) is 5.71. The molecule has 0 amide bonds.